The monoisotopic (exact) mass is 363 g/mol. The van der Waals surface area contributed by atoms with E-state index in [1.165, 1.54) is 17.5 Å². The van der Waals surface area contributed by atoms with Gasteiger partial charge >= 0.3 is 0 Å². The van der Waals surface area contributed by atoms with Crippen LogP contribution in [0.3, 0.4) is 0 Å². The van der Waals surface area contributed by atoms with Crippen molar-refractivity contribution in [3.05, 3.63) is 64.6 Å². The molecule has 0 atom stereocenters. The van der Waals surface area contributed by atoms with Crippen LogP contribution in [0.15, 0.2) is 53.3 Å². The van der Waals surface area contributed by atoms with Gasteiger partial charge in [-0.3, -0.25) is 9.59 Å². The molecule has 1 N–H and O–H groups in total. The fraction of sp³-hybridized carbons (Fsp3) is 0.286. The van der Waals surface area contributed by atoms with Gasteiger partial charge in [0.25, 0.3) is 11.5 Å². The molecule has 0 radical (unpaired) electrons. The molecule has 3 aromatic rings. The Morgan fingerprint density at radius 2 is 1.85 bits per heavy atom. The summed E-state index contributed by atoms with van der Waals surface area (Å²) in [7, 11) is 1.54. The van der Waals surface area contributed by atoms with Gasteiger partial charge in [0.05, 0.1) is 11.5 Å². The molecule has 1 amide bonds. The molecule has 1 fully saturated rings. The Hall–Kier alpha value is -3.15. The van der Waals surface area contributed by atoms with E-state index in [0.717, 1.165) is 18.6 Å². The number of aryl methyl sites for hydroxylation is 1. The average molecular weight is 363 g/mol. The van der Waals surface area contributed by atoms with Crippen molar-refractivity contribution in [3.8, 4) is 5.75 Å². The van der Waals surface area contributed by atoms with Gasteiger partial charge in [-0.25, -0.2) is 4.68 Å². The van der Waals surface area contributed by atoms with Crippen molar-refractivity contribution in [1.29, 1.82) is 0 Å². The van der Waals surface area contributed by atoms with Gasteiger partial charge in [0.2, 0.25) is 0 Å². The third-order valence-corrected chi connectivity index (χ3v) is 4.87. The van der Waals surface area contributed by atoms with Crippen LogP contribution in [0.5, 0.6) is 5.75 Å². The van der Waals surface area contributed by atoms with Crippen LogP contribution in [-0.2, 0) is 7.05 Å². The third kappa shape index (κ3) is 3.56. The molecule has 0 aliphatic heterocycles. The first kappa shape index (κ1) is 17.3. The van der Waals surface area contributed by atoms with Gasteiger partial charge in [-0.15, -0.1) is 0 Å². The van der Waals surface area contributed by atoms with E-state index in [2.05, 4.69) is 10.4 Å². The molecule has 1 heterocycles. The van der Waals surface area contributed by atoms with Crippen LogP contribution in [0.4, 0.5) is 5.69 Å². The molecule has 2 aromatic carbocycles. The van der Waals surface area contributed by atoms with Crippen molar-refractivity contribution < 1.29 is 9.53 Å². The van der Waals surface area contributed by atoms with Crippen molar-refractivity contribution in [2.24, 2.45) is 7.05 Å². The van der Waals surface area contributed by atoms with E-state index in [1.807, 2.05) is 24.3 Å². The summed E-state index contributed by atoms with van der Waals surface area (Å²) in [5.74, 6) is 0.387. The number of hydrogen-bond donors (Lipinski definition) is 1. The van der Waals surface area contributed by atoms with Crippen LogP contribution < -0.4 is 15.6 Å². The van der Waals surface area contributed by atoms with Gasteiger partial charge in [0.15, 0.2) is 5.69 Å². The van der Waals surface area contributed by atoms with Crippen molar-refractivity contribution in [2.45, 2.75) is 31.8 Å². The zero-order valence-electron chi connectivity index (χ0n) is 15.1. The van der Waals surface area contributed by atoms with Crippen LogP contribution in [0.1, 0.15) is 36.2 Å². The van der Waals surface area contributed by atoms with E-state index in [4.69, 9.17) is 4.74 Å². The van der Waals surface area contributed by atoms with Gasteiger partial charge in [-0.1, -0.05) is 24.3 Å². The number of amides is 1. The van der Waals surface area contributed by atoms with E-state index in [-0.39, 0.29) is 23.3 Å². The number of carbonyl (C=O) groups excluding carboxylic acids is 1. The summed E-state index contributed by atoms with van der Waals surface area (Å²) in [5, 5.41) is 8.04. The maximum atomic E-state index is 12.8. The summed E-state index contributed by atoms with van der Waals surface area (Å²) in [6.07, 6.45) is 4.80. The summed E-state index contributed by atoms with van der Waals surface area (Å²) in [5.41, 5.74) is 0.624. The highest BCUT2D eigenvalue weighted by molar-refractivity contribution is 6.11. The van der Waals surface area contributed by atoms with Crippen molar-refractivity contribution in [2.75, 3.05) is 5.32 Å². The predicted octanol–water partition coefficient (Wildman–Crippen LogP) is 3.51. The number of ether oxygens (including phenoxy) is 1. The Morgan fingerprint density at radius 3 is 2.63 bits per heavy atom. The van der Waals surface area contributed by atoms with E-state index >= 15 is 0 Å². The molecule has 4 rings (SSSR count). The average Bonchev–Trinajstić information content (AvgIpc) is 3.18. The molecule has 6 nitrogen and oxygen atoms in total. The molecule has 6 heteroatoms. The van der Waals surface area contributed by atoms with E-state index in [0.29, 0.717) is 16.5 Å². The highest BCUT2D eigenvalue weighted by Gasteiger charge is 2.18. The smallest absolute Gasteiger partial charge is 0.276 e. The van der Waals surface area contributed by atoms with Crippen molar-refractivity contribution in [3.63, 3.8) is 0 Å². The fourth-order valence-electron chi connectivity index (χ4n) is 3.50. The highest BCUT2D eigenvalue weighted by Crippen LogP contribution is 2.26. The standard InChI is InChI=1S/C21H21N3O3/c1-24-21(26)18-12-5-4-11-17(18)19(23-24)20(25)22-14-7-6-10-16(13-14)27-15-8-2-3-9-15/h4-7,10-13,15H,2-3,8-9H2,1H3,(H,22,25). The second-order valence-corrected chi connectivity index (χ2v) is 6.83. The molecule has 1 aliphatic rings. The summed E-state index contributed by atoms with van der Waals surface area (Å²) in [6, 6.07) is 14.4. The number of anilines is 1. The second kappa shape index (κ2) is 7.23. The Labute approximate surface area is 156 Å². The fourth-order valence-corrected chi connectivity index (χ4v) is 3.50. The number of benzene rings is 2. The number of hydrogen-bond acceptors (Lipinski definition) is 4. The Kier molecular flexibility index (Phi) is 4.62. The molecule has 1 aliphatic carbocycles. The molecule has 1 saturated carbocycles. The molecule has 1 aromatic heterocycles. The molecule has 138 valence electrons. The van der Waals surface area contributed by atoms with Gasteiger partial charge in [-0.2, -0.15) is 5.10 Å². The number of nitrogens with one attached hydrogen (secondary N) is 1. The van der Waals surface area contributed by atoms with Crippen LogP contribution in [0.25, 0.3) is 10.8 Å². The number of rotatable bonds is 4. The maximum absolute atomic E-state index is 12.8. The van der Waals surface area contributed by atoms with Gasteiger partial charge in [-0.05, 0) is 43.9 Å². The number of carbonyl (C=O) groups is 1. The number of aromatic nitrogens is 2. The van der Waals surface area contributed by atoms with E-state index in [9.17, 15) is 9.59 Å². The van der Waals surface area contributed by atoms with E-state index in [1.54, 1.807) is 31.3 Å². The molecule has 0 saturated heterocycles. The van der Waals surface area contributed by atoms with Gasteiger partial charge in [0.1, 0.15) is 5.75 Å². The zero-order valence-corrected chi connectivity index (χ0v) is 15.1. The molecule has 0 spiro atoms. The van der Waals surface area contributed by atoms with Crippen molar-refractivity contribution in [1.82, 2.24) is 9.78 Å². The summed E-state index contributed by atoms with van der Waals surface area (Å²) in [6.45, 7) is 0. The van der Waals surface area contributed by atoms with Gasteiger partial charge in [0, 0.05) is 24.2 Å². The molecular formula is C21H21N3O3. The second-order valence-electron chi connectivity index (χ2n) is 6.83. The number of nitrogens with zero attached hydrogens (tertiary/aromatic N) is 2. The minimum atomic E-state index is -0.361. The number of fused-ring (bicyclic) bond motifs is 1. The molecular weight excluding hydrogens is 342 g/mol. The van der Waals surface area contributed by atoms with Crippen LogP contribution in [0, 0.1) is 0 Å². The normalized spacial score (nSPS) is 14.4. The quantitative estimate of drug-likeness (QED) is 0.770. The Morgan fingerprint density at radius 1 is 1.11 bits per heavy atom. The van der Waals surface area contributed by atoms with Crippen LogP contribution in [0.2, 0.25) is 0 Å². The third-order valence-electron chi connectivity index (χ3n) is 4.87. The zero-order chi connectivity index (χ0) is 18.8. The lowest BCUT2D eigenvalue weighted by Crippen LogP contribution is -2.25. The van der Waals surface area contributed by atoms with E-state index < -0.39 is 0 Å². The summed E-state index contributed by atoms with van der Waals surface area (Å²) >= 11 is 0. The Balaban J connectivity index is 1.60. The molecule has 27 heavy (non-hydrogen) atoms. The lowest BCUT2D eigenvalue weighted by atomic mass is 10.1. The lowest BCUT2D eigenvalue weighted by Gasteiger charge is -2.14. The minimum Gasteiger partial charge on any atom is -0.490 e. The first-order valence-electron chi connectivity index (χ1n) is 9.16. The van der Waals surface area contributed by atoms with Gasteiger partial charge < -0.3 is 10.1 Å². The van der Waals surface area contributed by atoms with Crippen LogP contribution >= 0.6 is 0 Å². The predicted molar refractivity (Wildman–Crippen MR) is 104 cm³/mol. The maximum Gasteiger partial charge on any atom is 0.276 e. The molecule has 0 unspecified atom stereocenters. The van der Waals surface area contributed by atoms with Crippen LogP contribution in [-0.4, -0.2) is 21.8 Å². The topological polar surface area (TPSA) is 73.2 Å². The summed E-state index contributed by atoms with van der Waals surface area (Å²) < 4.78 is 7.19. The van der Waals surface area contributed by atoms with Crippen molar-refractivity contribution >= 4 is 22.4 Å². The SMILES string of the molecule is Cn1nc(C(=O)Nc2cccc(OC3CCCC3)c2)c2ccccc2c1=O. The first-order valence-corrected chi connectivity index (χ1v) is 9.16. The largest absolute Gasteiger partial charge is 0.490 e. The molecule has 0 bridgehead atoms. The Bertz CT molecular complexity index is 1050. The highest BCUT2D eigenvalue weighted by atomic mass is 16.5. The first-order chi connectivity index (χ1) is 13.1. The summed E-state index contributed by atoms with van der Waals surface area (Å²) in [4.78, 5) is 25.0. The minimum absolute atomic E-state index is 0.217. The lowest BCUT2D eigenvalue weighted by molar-refractivity contribution is 0.102.